The van der Waals surface area contributed by atoms with Gasteiger partial charge in [-0.3, -0.25) is 14.9 Å². The summed E-state index contributed by atoms with van der Waals surface area (Å²) in [6.45, 7) is 3.44. The number of ether oxygens (including phenoxy) is 1. The fourth-order valence-electron chi connectivity index (χ4n) is 1.62. The van der Waals surface area contributed by atoms with Gasteiger partial charge in [0.25, 0.3) is 0 Å². The smallest absolute Gasteiger partial charge is 0.432 e. The Kier molecular flexibility index (Phi) is 12.3. The summed E-state index contributed by atoms with van der Waals surface area (Å²) in [5.41, 5.74) is 21.1. The van der Waals surface area contributed by atoms with Crippen molar-refractivity contribution >= 4 is 41.1 Å². The molecule has 0 unspecified atom stereocenters. The zero-order valence-corrected chi connectivity index (χ0v) is 14.6. The van der Waals surface area contributed by atoms with E-state index >= 15 is 0 Å². The monoisotopic (exact) mass is 429 g/mol. The first-order valence-electron chi connectivity index (χ1n) is 6.74. The molecule has 0 spiro atoms. The van der Waals surface area contributed by atoms with Gasteiger partial charge in [-0.15, -0.1) is 0 Å². The van der Waals surface area contributed by atoms with Crippen LogP contribution < -0.4 is 22.9 Å². The lowest BCUT2D eigenvalue weighted by molar-refractivity contribution is 0.0985. The highest BCUT2D eigenvalue weighted by atomic mass is 127. The summed E-state index contributed by atoms with van der Waals surface area (Å²) in [7, 11) is 0. The molecule has 0 heterocycles. The first-order valence-corrected chi connectivity index (χ1v) is 7.62. The van der Waals surface area contributed by atoms with E-state index in [0.29, 0.717) is 19.6 Å². The van der Waals surface area contributed by atoms with Crippen molar-refractivity contribution in [2.75, 3.05) is 39.3 Å². The summed E-state index contributed by atoms with van der Waals surface area (Å²) < 4.78 is 9.25. The summed E-state index contributed by atoms with van der Waals surface area (Å²) in [5.74, 6) is 0.153. The van der Waals surface area contributed by atoms with E-state index in [2.05, 4.69) is 18.0 Å². The van der Waals surface area contributed by atoms with Crippen molar-refractivity contribution in [3.63, 3.8) is 0 Å². The predicted octanol–water partition coefficient (Wildman–Crippen LogP) is -0.881. The van der Waals surface area contributed by atoms with Crippen LogP contribution in [0.3, 0.4) is 0 Å². The van der Waals surface area contributed by atoms with Crippen molar-refractivity contribution in [2.45, 2.75) is 12.8 Å². The fourth-order valence-corrected chi connectivity index (χ4v) is 1.75. The highest BCUT2D eigenvalue weighted by Gasteiger charge is 2.07. The van der Waals surface area contributed by atoms with E-state index in [-0.39, 0.29) is 18.5 Å². The van der Waals surface area contributed by atoms with Gasteiger partial charge in [-0.1, -0.05) is 0 Å². The van der Waals surface area contributed by atoms with E-state index in [9.17, 15) is 4.79 Å². The van der Waals surface area contributed by atoms with Gasteiger partial charge < -0.3 is 30.7 Å². The first kappa shape index (κ1) is 20.5. The van der Waals surface area contributed by atoms with E-state index in [1.54, 1.807) is 0 Å². The Bertz CT molecular complexity index is 347. The molecule has 0 aromatic rings. The van der Waals surface area contributed by atoms with Crippen molar-refractivity contribution in [3.05, 3.63) is 0 Å². The molecule has 22 heavy (non-hydrogen) atoms. The molecule has 11 heteroatoms. The van der Waals surface area contributed by atoms with Crippen LogP contribution in [0, 0.1) is 0 Å². The lowest BCUT2D eigenvalue weighted by atomic mass is 10.3. The van der Waals surface area contributed by atoms with Crippen molar-refractivity contribution in [1.82, 2.24) is 4.90 Å². The normalized spacial score (nSPS) is 10.1. The standard InChI is InChI=1S/C11H24IN7O3/c12-22-11(20)21-8-7-19(5-1-3-17-9(13)14)6-2-4-18-10(15)16/h1-8H2,(H4,13,14,17)(H4,15,16,18). The number of halogens is 1. The summed E-state index contributed by atoms with van der Waals surface area (Å²) >= 11 is 1.47. The number of guanidine groups is 2. The number of nitrogens with two attached hydrogens (primary N) is 4. The van der Waals surface area contributed by atoms with Gasteiger partial charge in [-0.2, -0.15) is 0 Å². The molecule has 0 fully saturated rings. The Morgan fingerprint density at radius 2 is 1.45 bits per heavy atom. The van der Waals surface area contributed by atoms with E-state index in [4.69, 9.17) is 27.7 Å². The molecule has 0 atom stereocenters. The van der Waals surface area contributed by atoms with Gasteiger partial charge in [-0.05, 0) is 12.8 Å². The average Bonchev–Trinajstić information content (AvgIpc) is 2.46. The number of nitrogens with zero attached hydrogens (tertiary/aromatic N) is 3. The number of hydrogen-bond donors (Lipinski definition) is 4. The van der Waals surface area contributed by atoms with E-state index in [0.717, 1.165) is 25.9 Å². The van der Waals surface area contributed by atoms with Gasteiger partial charge in [0.15, 0.2) is 34.9 Å². The van der Waals surface area contributed by atoms with E-state index in [1.807, 2.05) is 0 Å². The summed E-state index contributed by atoms with van der Waals surface area (Å²) in [6.07, 6.45) is 0.870. The molecule has 0 aromatic carbocycles. The number of aliphatic imine (C=N–C) groups is 2. The molecule has 0 aliphatic heterocycles. The Balaban J connectivity index is 4.09. The van der Waals surface area contributed by atoms with Gasteiger partial charge in [0.05, 0.1) is 0 Å². The zero-order valence-electron chi connectivity index (χ0n) is 12.4. The minimum absolute atomic E-state index is 0.0763. The summed E-state index contributed by atoms with van der Waals surface area (Å²) in [6, 6.07) is 0. The summed E-state index contributed by atoms with van der Waals surface area (Å²) in [4.78, 5) is 20.9. The van der Waals surface area contributed by atoms with Crippen LogP contribution in [0.5, 0.6) is 0 Å². The highest BCUT2D eigenvalue weighted by Crippen LogP contribution is 1.98. The Hall–Kier alpha value is -1.50. The number of carbonyl (C=O) groups excluding carboxylic acids is 1. The third-order valence-corrected chi connectivity index (χ3v) is 2.90. The number of rotatable bonds is 11. The largest absolute Gasteiger partial charge is 0.518 e. The van der Waals surface area contributed by atoms with Gasteiger partial charge >= 0.3 is 6.16 Å². The molecule has 0 saturated carbocycles. The minimum Gasteiger partial charge on any atom is -0.432 e. The van der Waals surface area contributed by atoms with Gasteiger partial charge in [0, 0.05) is 32.7 Å². The van der Waals surface area contributed by atoms with Crippen LogP contribution in [0.1, 0.15) is 12.8 Å². The molecule has 128 valence electrons. The molecule has 8 N–H and O–H groups in total. The van der Waals surface area contributed by atoms with Crippen LogP contribution in [0.4, 0.5) is 4.79 Å². The van der Waals surface area contributed by atoms with Crippen molar-refractivity contribution in [2.24, 2.45) is 32.9 Å². The quantitative estimate of drug-likeness (QED) is 0.108. The predicted molar refractivity (Wildman–Crippen MR) is 93.5 cm³/mol. The van der Waals surface area contributed by atoms with Crippen molar-refractivity contribution in [3.8, 4) is 0 Å². The maximum absolute atomic E-state index is 10.9. The second-order valence-electron chi connectivity index (χ2n) is 4.34. The highest BCUT2D eigenvalue weighted by molar-refractivity contribution is 14.1. The molecule has 10 nitrogen and oxygen atoms in total. The molecular weight excluding hydrogens is 405 g/mol. The Labute approximate surface area is 144 Å². The van der Waals surface area contributed by atoms with E-state index < -0.39 is 6.16 Å². The topological polar surface area (TPSA) is 168 Å². The van der Waals surface area contributed by atoms with Crippen molar-refractivity contribution in [1.29, 1.82) is 0 Å². The lowest BCUT2D eigenvalue weighted by Gasteiger charge is -2.21. The van der Waals surface area contributed by atoms with Crippen LogP contribution >= 0.6 is 23.0 Å². The maximum Gasteiger partial charge on any atom is 0.518 e. The van der Waals surface area contributed by atoms with Gasteiger partial charge in [0.1, 0.15) is 6.61 Å². The minimum atomic E-state index is -0.707. The maximum atomic E-state index is 10.9. The van der Waals surface area contributed by atoms with Crippen LogP contribution in [0.15, 0.2) is 9.98 Å². The number of carbonyl (C=O) groups is 1. The molecule has 0 aliphatic carbocycles. The molecule has 0 amide bonds. The lowest BCUT2D eigenvalue weighted by Crippen LogP contribution is -2.31. The van der Waals surface area contributed by atoms with Crippen LogP contribution in [0.2, 0.25) is 0 Å². The second kappa shape index (κ2) is 13.2. The van der Waals surface area contributed by atoms with Crippen LogP contribution in [-0.2, 0) is 7.80 Å². The van der Waals surface area contributed by atoms with Gasteiger partial charge in [0.2, 0.25) is 0 Å². The molecule has 0 radical (unpaired) electrons. The molecule has 0 rings (SSSR count). The third kappa shape index (κ3) is 13.5. The van der Waals surface area contributed by atoms with Crippen LogP contribution in [0.25, 0.3) is 0 Å². The van der Waals surface area contributed by atoms with Crippen molar-refractivity contribution < 1.29 is 12.6 Å². The first-order chi connectivity index (χ1) is 10.5. The number of hydrogen-bond acceptors (Lipinski definition) is 6. The van der Waals surface area contributed by atoms with Crippen LogP contribution in [-0.4, -0.2) is 62.3 Å². The molecule has 0 bridgehead atoms. The Morgan fingerprint density at radius 3 is 1.86 bits per heavy atom. The Morgan fingerprint density at radius 1 is 0.955 bits per heavy atom. The zero-order chi connectivity index (χ0) is 16.8. The SMILES string of the molecule is NC(N)=NCCCN(CCCN=C(N)N)CCOC(=O)OI. The summed E-state index contributed by atoms with van der Waals surface area (Å²) in [5, 5.41) is 0. The average molecular weight is 429 g/mol. The molecular formula is C11H24IN7O3. The molecule has 0 aliphatic rings. The van der Waals surface area contributed by atoms with E-state index in [1.165, 1.54) is 23.0 Å². The third-order valence-electron chi connectivity index (χ3n) is 2.54. The molecule has 0 aromatic heterocycles. The van der Waals surface area contributed by atoms with Gasteiger partial charge in [-0.25, -0.2) is 4.79 Å². The fraction of sp³-hybridized carbons (Fsp3) is 0.727. The second-order valence-corrected chi connectivity index (χ2v) is 4.78. The molecule has 0 saturated heterocycles.